The van der Waals surface area contributed by atoms with Gasteiger partial charge < -0.3 is 14.8 Å². The minimum atomic E-state index is -0.537. The van der Waals surface area contributed by atoms with Crippen LogP contribution >= 0.6 is 0 Å². The van der Waals surface area contributed by atoms with Gasteiger partial charge in [-0.15, -0.1) is 0 Å². The molecule has 0 unspecified atom stereocenters. The second-order valence-corrected chi connectivity index (χ2v) is 7.22. The number of aryl methyl sites for hydroxylation is 1. The maximum absolute atomic E-state index is 12.9. The second kappa shape index (κ2) is 9.46. The SMILES string of the molecule is CC[C@H](NC(=O)[C@@H](CC)Oc1ccc2ccccc2c1)c1ccc(OC)c(C)c1. The number of fused-ring (bicyclic) bond motifs is 1. The molecule has 0 aliphatic rings. The molecule has 4 nitrogen and oxygen atoms in total. The average Bonchev–Trinajstić information content (AvgIpc) is 2.75. The molecule has 4 heteroatoms. The Hall–Kier alpha value is -3.01. The zero-order valence-corrected chi connectivity index (χ0v) is 17.6. The number of benzene rings is 3. The van der Waals surface area contributed by atoms with E-state index < -0.39 is 6.10 Å². The Morgan fingerprint density at radius 3 is 2.38 bits per heavy atom. The molecule has 0 saturated carbocycles. The summed E-state index contributed by atoms with van der Waals surface area (Å²) in [4.78, 5) is 12.9. The molecule has 0 bridgehead atoms. The molecule has 0 spiro atoms. The molecule has 29 heavy (non-hydrogen) atoms. The fraction of sp³-hybridized carbons (Fsp3) is 0.320. The molecule has 0 radical (unpaired) electrons. The van der Waals surface area contributed by atoms with E-state index in [-0.39, 0.29) is 11.9 Å². The molecule has 2 atom stereocenters. The van der Waals surface area contributed by atoms with Crippen LogP contribution in [0.3, 0.4) is 0 Å². The molecular formula is C25H29NO3. The molecule has 0 aromatic heterocycles. The molecule has 0 heterocycles. The first-order valence-corrected chi connectivity index (χ1v) is 10.2. The summed E-state index contributed by atoms with van der Waals surface area (Å²) in [6.45, 7) is 6.04. The van der Waals surface area contributed by atoms with Crippen LogP contribution in [0.5, 0.6) is 11.5 Å². The van der Waals surface area contributed by atoms with E-state index in [4.69, 9.17) is 9.47 Å². The Labute approximate surface area is 172 Å². The monoisotopic (exact) mass is 391 g/mol. The lowest BCUT2D eigenvalue weighted by molar-refractivity contribution is -0.128. The number of carbonyl (C=O) groups excluding carboxylic acids is 1. The molecule has 3 rings (SSSR count). The number of rotatable bonds is 8. The maximum Gasteiger partial charge on any atom is 0.261 e. The zero-order chi connectivity index (χ0) is 20.8. The van der Waals surface area contributed by atoms with Crippen molar-refractivity contribution in [2.45, 2.75) is 45.8 Å². The average molecular weight is 392 g/mol. The summed E-state index contributed by atoms with van der Waals surface area (Å²) in [6.07, 6.45) is 0.852. The first-order valence-electron chi connectivity index (χ1n) is 10.2. The molecule has 152 valence electrons. The predicted molar refractivity (Wildman–Crippen MR) is 118 cm³/mol. The number of nitrogens with one attached hydrogen (secondary N) is 1. The summed E-state index contributed by atoms with van der Waals surface area (Å²) in [5, 5.41) is 5.40. The van der Waals surface area contributed by atoms with Crippen LogP contribution in [-0.2, 0) is 4.79 Å². The molecule has 1 N–H and O–H groups in total. The van der Waals surface area contributed by atoms with E-state index in [1.807, 2.05) is 62.4 Å². The van der Waals surface area contributed by atoms with Gasteiger partial charge in [0, 0.05) is 0 Å². The topological polar surface area (TPSA) is 47.6 Å². The molecule has 0 fully saturated rings. The minimum absolute atomic E-state index is 0.0682. The quantitative estimate of drug-likeness (QED) is 0.545. The van der Waals surface area contributed by atoms with Crippen molar-refractivity contribution in [3.63, 3.8) is 0 Å². The number of ether oxygens (including phenoxy) is 2. The summed E-state index contributed by atoms with van der Waals surface area (Å²) in [5.74, 6) is 1.46. The van der Waals surface area contributed by atoms with Crippen molar-refractivity contribution in [1.29, 1.82) is 0 Å². The Balaban J connectivity index is 1.72. The zero-order valence-electron chi connectivity index (χ0n) is 17.6. The summed E-state index contributed by atoms with van der Waals surface area (Å²) in [5.41, 5.74) is 2.12. The van der Waals surface area contributed by atoms with E-state index in [1.165, 1.54) is 0 Å². The van der Waals surface area contributed by atoms with Gasteiger partial charge in [0.05, 0.1) is 13.2 Å². The molecule has 0 saturated heterocycles. The van der Waals surface area contributed by atoms with Crippen LogP contribution in [0.15, 0.2) is 60.7 Å². The number of hydrogen-bond acceptors (Lipinski definition) is 3. The third-order valence-corrected chi connectivity index (χ3v) is 5.21. The van der Waals surface area contributed by atoms with Gasteiger partial charge in [-0.05, 0) is 59.9 Å². The molecule has 0 aliphatic carbocycles. The van der Waals surface area contributed by atoms with Gasteiger partial charge in [0.25, 0.3) is 5.91 Å². The van der Waals surface area contributed by atoms with E-state index in [1.54, 1.807) is 7.11 Å². The van der Waals surface area contributed by atoms with E-state index in [2.05, 4.69) is 24.4 Å². The van der Waals surface area contributed by atoms with E-state index in [9.17, 15) is 4.79 Å². The summed E-state index contributed by atoms with van der Waals surface area (Å²) < 4.78 is 11.4. The molecule has 1 amide bonds. The van der Waals surface area contributed by atoms with Crippen molar-refractivity contribution in [2.24, 2.45) is 0 Å². The standard InChI is InChI=1S/C25H29NO3/c1-5-22(20-12-14-24(28-4)17(3)15-20)26-25(27)23(6-2)29-21-13-11-18-9-7-8-10-19(18)16-21/h7-16,22-23H,5-6H2,1-4H3,(H,26,27)/t22-,23+/m0/s1. The third kappa shape index (κ3) is 4.89. The number of methoxy groups -OCH3 is 1. The van der Waals surface area contributed by atoms with Gasteiger partial charge >= 0.3 is 0 Å². The lowest BCUT2D eigenvalue weighted by atomic mass is 10.0. The van der Waals surface area contributed by atoms with Crippen LogP contribution in [0.1, 0.15) is 43.9 Å². The van der Waals surface area contributed by atoms with Crippen molar-refractivity contribution in [1.82, 2.24) is 5.32 Å². The first-order chi connectivity index (χ1) is 14.0. The van der Waals surface area contributed by atoms with Gasteiger partial charge in [0.15, 0.2) is 6.10 Å². The van der Waals surface area contributed by atoms with E-state index in [0.717, 1.165) is 34.1 Å². The van der Waals surface area contributed by atoms with Gasteiger partial charge in [-0.2, -0.15) is 0 Å². The number of carbonyl (C=O) groups is 1. The minimum Gasteiger partial charge on any atom is -0.496 e. The Morgan fingerprint density at radius 2 is 1.72 bits per heavy atom. The predicted octanol–water partition coefficient (Wildman–Crippen LogP) is 5.58. The summed E-state index contributed by atoms with van der Waals surface area (Å²) in [6, 6.07) is 20.0. The highest BCUT2D eigenvalue weighted by Crippen LogP contribution is 2.25. The number of hydrogen-bond donors (Lipinski definition) is 1. The van der Waals surface area contributed by atoms with Crippen molar-refractivity contribution < 1.29 is 14.3 Å². The van der Waals surface area contributed by atoms with E-state index in [0.29, 0.717) is 12.2 Å². The fourth-order valence-electron chi connectivity index (χ4n) is 3.53. The fourth-order valence-corrected chi connectivity index (χ4v) is 3.53. The molecular weight excluding hydrogens is 362 g/mol. The van der Waals surface area contributed by atoms with Gasteiger partial charge in [0.1, 0.15) is 11.5 Å². The number of amides is 1. The largest absolute Gasteiger partial charge is 0.496 e. The van der Waals surface area contributed by atoms with Crippen molar-refractivity contribution in [2.75, 3.05) is 7.11 Å². The smallest absolute Gasteiger partial charge is 0.261 e. The second-order valence-electron chi connectivity index (χ2n) is 7.22. The van der Waals surface area contributed by atoms with Crippen LogP contribution in [0.25, 0.3) is 10.8 Å². The maximum atomic E-state index is 12.9. The van der Waals surface area contributed by atoms with E-state index >= 15 is 0 Å². The highest BCUT2D eigenvalue weighted by molar-refractivity contribution is 5.84. The van der Waals surface area contributed by atoms with Crippen molar-refractivity contribution in [3.05, 3.63) is 71.8 Å². The van der Waals surface area contributed by atoms with Crippen LogP contribution in [0, 0.1) is 6.92 Å². The normalized spacial score (nSPS) is 13.0. The highest BCUT2D eigenvalue weighted by atomic mass is 16.5. The highest BCUT2D eigenvalue weighted by Gasteiger charge is 2.22. The Bertz CT molecular complexity index is 983. The van der Waals surface area contributed by atoms with Gasteiger partial charge in [0.2, 0.25) is 0 Å². The third-order valence-electron chi connectivity index (χ3n) is 5.21. The lowest BCUT2D eigenvalue weighted by Gasteiger charge is -2.23. The van der Waals surface area contributed by atoms with Crippen molar-refractivity contribution >= 4 is 16.7 Å². The Kier molecular flexibility index (Phi) is 6.76. The summed E-state index contributed by atoms with van der Waals surface area (Å²) in [7, 11) is 1.66. The molecule has 3 aromatic carbocycles. The summed E-state index contributed by atoms with van der Waals surface area (Å²) >= 11 is 0. The van der Waals surface area contributed by atoms with Crippen LogP contribution < -0.4 is 14.8 Å². The van der Waals surface area contributed by atoms with Gasteiger partial charge in [-0.3, -0.25) is 4.79 Å². The van der Waals surface area contributed by atoms with Crippen LogP contribution in [0.4, 0.5) is 0 Å². The lowest BCUT2D eigenvalue weighted by Crippen LogP contribution is -2.40. The van der Waals surface area contributed by atoms with Crippen LogP contribution in [0.2, 0.25) is 0 Å². The molecule has 0 aliphatic heterocycles. The van der Waals surface area contributed by atoms with Crippen LogP contribution in [-0.4, -0.2) is 19.1 Å². The van der Waals surface area contributed by atoms with Gasteiger partial charge in [-0.25, -0.2) is 0 Å². The van der Waals surface area contributed by atoms with Gasteiger partial charge in [-0.1, -0.05) is 56.3 Å². The first kappa shape index (κ1) is 20.7. The Morgan fingerprint density at radius 1 is 0.966 bits per heavy atom. The molecule has 3 aromatic rings. The van der Waals surface area contributed by atoms with Crippen molar-refractivity contribution in [3.8, 4) is 11.5 Å².